The third-order valence-corrected chi connectivity index (χ3v) is 1.13. The van der Waals surface area contributed by atoms with Gasteiger partial charge in [-0.25, -0.2) is 0 Å². The largest absolute Gasteiger partial charge is 0.314 e. The monoisotopic (exact) mass is 141 g/mol. The van der Waals surface area contributed by atoms with Crippen molar-refractivity contribution in [1.29, 1.82) is 0 Å². The fraction of sp³-hybridized carbons (Fsp3) is 0.778. The summed E-state index contributed by atoms with van der Waals surface area (Å²) in [5, 5.41) is 3.23. The molecule has 0 aliphatic rings. The lowest BCUT2D eigenvalue weighted by Gasteiger charge is -2.10. The standard InChI is InChI=1S/C9H19N/c1-5-10-8-6-7-9(2,3)4/h6-7,10H,5,8H2,1-4H3/b7-6+. The first-order chi connectivity index (χ1) is 4.56. The third kappa shape index (κ3) is 7.70. The highest BCUT2D eigenvalue weighted by atomic mass is 14.8. The Hall–Kier alpha value is -0.300. The van der Waals surface area contributed by atoms with Crippen molar-refractivity contribution in [2.75, 3.05) is 13.1 Å². The summed E-state index contributed by atoms with van der Waals surface area (Å²) in [5.41, 5.74) is 0.329. The van der Waals surface area contributed by atoms with Crippen molar-refractivity contribution < 1.29 is 0 Å². The summed E-state index contributed by atoms with van der Waals surface area (Å²) in [6.45, 7) is 10.8. The van der Waals surface area contributed by atoms with Gasteiger partial charge in [0.05, 0.1) is 0 Å². The van der Waals surface area contributed by atoms with E-state index in [0.717, 1.165) is 13.1 Å². The van der Waals surface area contributed by atoms with Crippen molar-refractivity contribution in [2.45, 2.75) is 27.7 Å². The fourth-order valence-electron chi connectivity index (χ4n) is 0.640. The van der Waals surface area contributed by atoms with Gasteiger partial charge >= 0.3 is 0 Å². The molecule has 1 heteroatoms. The second-order valence-corrected chi connectivity index (χ2v) is 3.58. The number of hydrogen-bond donors (Lipinski definition) is 1. The van der Waals surface area contributed by atoms with E-state index in [4.69, 9.17) is 0 Å². The highest BCUT2D eigenvalue weighted by Crippen LogP contribution is 2.13. The number of likely N-dealkylation sites (N-methyl/N-ethyl adjacent to an activating group) is 1. The first-order valence-corrected chi connectivity index (χ1v) is 3.94. The third-order valence-electron chi connectivity index (χ3n) is 1.13. The molecule has 0 bridgehead atoms. The Morgan fingerprint density at radius 3 is 2.30 bits per heavy atom. The molecule has 60 valence electrons. The Labute approximate surface area is 64.5 Å². The van der Waals surface area contributed by atoms with E-state index < -0.39 is 0 Å². The van der Waals surface area contributed by atoms with Gasteiger partial charge in [-0.1, -0.05) is 39.8 Å². The van der Waals surface area contributed by atoms with Gasteiger partial charge in [-0.15, -0.1) is 0 Å². The maximum absolute atomic E-state index is 3.23. The fourth-order valence-corrected chi connectivity index (χ4v) is 0.640. The molecule has 0 atom stereocenters. The van der Waals surface area contributed by atoms with Crippen LogP contribution in [0.15, 0.2) is 12.2 Å². The van der Waals surface area contributed by atoms with Crippen molar-refractivity contribution in [3.8, 4) is 0 Å². The second-order valence-electron chi connectivity index (χ2n) is 3.58. The van der Waals surface area contributed by atoms with Crippen molar-refractivity contribution in [3.63, 3.8) is 0 Å². The van der Waals surface area contributed by atoms with Gasteiger partial charge in [0.15, 0.2) is 0 Å². The summed E-state index contributed by atoms with van der Waals surface area (Å²) in [5.74, 6) is 0. The Bertz CT molecular complexity index is 97.8. The maximum Gasteiger partial charge on any atom is 0.0134 e. The van der Waals surface area contributed by atoms with Crippen LogP contribution in [0.5, 0.6) is 0 Å². The molecule has 0 aromatic rings. The smallest absolute Gasteiger partial charge is 0.0134 e. The van der Waals surface area contributed by atoms with E-state index >= 15 is 0 Å². The normalized spacial score (nSPS) is 12.8. The topological polar surface area (TPSA) is 12.0 Å². The zero-order valence-corrected chi connectivity index (χ0v) is 7.57. The van der Waals surface area contributed by atoms with Crippen molar-refractivity contribution in [1.82, 2.24) is 5.32 Å². The summed E-state index contributed by atoms with van der Waals surface area (Å²) in [6.07, 6.45) is 4.42. The maximum atomic E-state index is 3.23. The summed E-state index contributed by atoms with van der Waals surface area (Å²) in [6, 6.07) is 0. The SMILES string of the molecule is CCNC/C=C/C(C)(C)C. The van der Waals surface area contributed by atoms with Crippen LogP contribution in [-0.4, -0.2) is 13.1 Å². The van der Waals surface area contributed by atoms with Crippen LogP contribution in [0.2, 0.25) is 0 Å². The molecule has 0 rings (SSSR count). The molecular formula is C9H19N. The molecular weight excluding hydrogens is 122 g/mol. The molecule has 0 heterocycles. The van der Waals surface area contributed by atoms with E-state index in [9.17, 15) is 0 Å². The van der Waals surface area contributed by atoms with Crippen LogP contribution < -0.4 is 5.32 Å². The zero-order chi connectivity index (χ0) is 8.04. The molecule has 0 spiro atoms. The summed E-state index contributed by atoms with van der Waals surface area (Å²) < 4.78 is 0. The average Bonchev–Trinajstić information content (AvgIpc) is 1.78. The van der Waals surface area contributed by atoms with Crippen LogP contribution in [0.1, 0.15) is 27.7 Å². The number of hydrogen-bond acceptors (Lipinski definition) is 1. The lowest BCUT2D eigenvalue weighted by atomic mass is 9.96. The van der Waals surface area contributed by atoms with Crippen LogP contribution in [0.4, 0.5) is 0 Å². The molecule has 0 aromatic heterocycles. The van der Waals surface area contributed by atoms with Gasteiger partial charge < -0.3 is 5.32 Å². The van der Waals surface area contributed by atoms with Crippen LogP contribution in [0.25, 0.3) is 0 Å². The summed E-state index contributed by atoms with van der Waals surface area (Å²) >= 11 is 0. The molecule has 0 fully saturated rings. The Morgan fingerprint density at radius 1 is 1.30 bits per heavy atom. The number of allylic oxidation sites excluding steroid dienone is 1. The Kier molecular flexibility index (Phi) is 4.37. The van der Waals surface area contributed by atoms with Crippen LogP contribution in [-0.2, 0) is 0 Å². The van der Waals surface area contributed by atoms with Crippen LogP contribution in [0.3, 0.4) is 0 Å². The second kappa shape index (κ2) is 4.51. The van der Waals surface area contributed by atoms with E-state index in [0.29, 0.717) is 5.41 Å². The minimum Gasteiger partial charge on any atom is -0.314 e. The zero-order valence-electron chi connectivity index (χ0n) is 7.57. The van der Waals surface area contributed by atoms with Gasteiger partial charge in [0.2, 0.25) is 0 Å². The highest BCUT2D eigenvalue weighted by Gasteiger charge is 2.01. The molecule has 0 aliphatic carbocycles. The lowest BCUT2D eigenvalue weighted by molar-refractivity contribution is 0.541. The minimum absolute atomic E-state index is 0.329. The average molecular weight is 141 g/mol. The Balaban J connectivity index is 3.37. The van der Waals surface area contributed by atoms with Gasteiger partial charge in [0.1, 0.15) is 0 Å². The number of rotatable bonds is 3. The van der Waals surface area contributed by atoms with Crippen molar-refractivity contribution >= 4 is 0 Å². The molecule has 0 amide bonds. The number of nitrogens with one attached hydrogen (secondary N) is 1. The quantitative estimate of drug-likeness (QED) is 0.469. The van der Waals surface area contributed by atoms with E-state index in [1.165, 1.54) is 0 Å². The van der Waals surface area contributed by atoms with E-state index in [2.05, 4.69) is 45.2 Å². The van der Waals surface area contributed by atoms with E-state index in [1.54, 1.807) is 0 Å². The Morgan fingerprint density at radius 2 is 1.90 bits per heavy atom. The van der Waals surface area contributed by atoms with Gasteiger partial charge in [0, 0.05) is 6.54 Å². The minimum atomic E-state index is 0.329. The highest BCUT2D eigenvalue weighted by molar-refractivity contribution is 4.93. The first kappa shape index (κ1) is 9.70. The molecule has 0 aromatic carbocycles. The predicted molar refractivity (Wildman–Crippen MR) is 47.1 cm³/mol. The molecule has 0 aliphatic heterocycles. The summed E-state index contributed by atoms with van der Waals surface area (Å²) in [4.78, 5) is 0. The van der Waals surface area contributed by atoms with E-state index in [-0.39, 0.29) is 0 Å². The molecule has 0 saturated heterocycles. The first-order valence-electron chi connectivity index (χ1n) is 3.94. The molecule has 0 radical (unpaired) electrons. The molecule has 10 heavy (non-hydrogen) atoms. The van der Waals surface area contributed by atoms with Crippen molar-refractivity contribution in [2.24, 2.45) is 5.41 Å². The van der Waals surface area contributed by atoms with Gasteiger partial charge in [-0.05, 0) is 12.0 Å². The lowest BCUT2D eigenvalue weighted by Crippen LogP contribution is -2.12. The molecule has 0 saturated carbocycles. The van der Waals surface area contributed by atoms with Gasteiger partial charge in [0.25, 0.3) is 0 Å². The molecule has 1 N–H and O–H groups in total. The predicted octanol–water partition coefficient (Wildman–Crippen LogP) is 2.20. The van der Waals surface area contributed by atoms with Crippen LogP contribution in [0, 0.1) is 5.41 Å². The molecule has 0 unspecified atom stereocenters. The van der Waals surface area contributed by atoms with Crippen LogP contribution >= 0.6 is 0 Å². The molecule has 1 nitrogen and oxygen atoms in total. The van der Waals surface area contributed by atoms with E-state index in [1.807, 2.05) is 0 Å². The van der Waals surface area contributed by atoms with Gasteiger partial charge in [-0.3, -0.25) is 0 Å². The van der Waals surface area contributed by atoms with Crippen molar-refractivity contribution in [3.05, 3.63) is 12.2 Å². The van der Waals surface area contributed by atoms with Gasteiger partial charge in [-0.2, -0.15) is 0 Å². The summed E-state index contributed by atoms with van der Waals surface area (Å²) in [7, 11) is 0.